The maximum atomic E-state index is 12.8. The molecule has 4 nitrogen and oxygen atoms in total. The zero-order valence-corrected chi connectivity index (χ0v) is 17.6. The third kappa shape index (κ3) is 5.93. The van der Waals surface area contributed by atoms with Gasteiger partial charge < -0.3 is 10.6 Å². The Morgan fingerprint density at radius 2 is 1.67 bits per heavy atom. The van der Waals surface area contributed by atoms with Crippen molar-refractivity contribution in [3.8, 4) is 0 Å². The molecular formula is C22H30N2O2S. The molecule has 0 aliphatic heterocycles. The summed E-state index contributed by atoms with van der Waals surface area (Å²) in [5, 5.41) is 7.82. The molecule has 1 aromatic carbocycles. The highest BCUT2D eigenvalue weighted by atomic mass is 32.1. The summed E-state index contributed by atoms with van der Waals surface area (Å²) in [6.07, 6.45) is 0.812. The molecule has 2 amide bonds. The molecule has 0 aliphatic rings. The van der Waals surface area contributed by atoms with Gasteiger partial charge in [0.1, 0.15) is 6.04 Å². The first-order valence-corrected chi connectivity index (χ1v) is 10.3. The van der Waals surface area contributed by atoms with Gasteiger partial charge in [0.2, 0.25) is 5.91 Å². The Labute approximate surface area is 166 Å². The van der Waals surface area contributed by atoms with Crippen LogP contribution in [0.2, 0.25) is 0 Å². The first-order chi connectivity index (χ1) is 12.7. The third-order valence-corrected chi connectivity index (χ3v) is 5.61. The molecule has 27 heavy (non-hydrogen) atoms. The first-order valence-electron chi connectivity index (χ1n) is 9.41. The topological polar surface area (TPSA) is 58.2 Å². The van der Waals surface area contributed by atoms with Crippen LogP contribution in [0.15, 0.2) is 47.8 Å². The highest BCUT2D eigenvalue weighted by Gasteiger charge is 2.28. The van der Waals surface area contributed by atoms with Gasteiger partial charge >= 0.3 is 0 Å². The Hall–Kier alpha value is -2.14. The number of benzene rings is 1. The highest BCUT2D eigenvalue weighted by Crippen LogP contribution is 2.28. The van der Waals surface area contributed by atoms with Gasteiger partial charge in [-0.1, -0.05) is 64.1 Å². The van der Waals surface area contributed by atoms with Crippen molar-refractivity contribution in [2.24, 2.45) is 5.92 Å². The van der Waals surface area contributed by atoms with Crippen LogP contribution in [0.4, 0.5) is 0 Å². The van der Waals surface area contributed by atoms with E-state index >= 15 is 0 Å². The quantitative estimate of drug-likeness (QED) is 0.707. The maximum absolute atomic E-state index is 12.8. The van der Waals surface area contributed by atoms with E-state index in [0.717, 1.165) is 6.42 Å². The summed E-state index contributed by atoms with van der Waals surface area (Å²) < 4.78 is 0. The Kier molecular flexibility index (Phi) is 7.19. The standard InChI is InChI=1S/C22H30N2O2S/c1-15(2)19(24-20(25)18-12-9-13-27-18)21(26)23-16(3)14-22(4,5)17-10-7-6-8-11-17/h6-13,15-16,19H,14H2,1-5H3,(H,23,26)(H,24,25). The second-order valence-corrected chi connectivity index (χ2v) is 8.98. The van der Waals surface area contributed by atoms with Crippen LogP contribution >= 0.6 is 11.3 Å². The van der Waals surface area contributed by atoms with Crippen LogP contribution in [0, 0.1) is 5.92 Å². The van der Waals surface area contributed by atoms with Crippen LogP contribution in [0.1, 0.15) is 56.3 Å². The van der Waals surface area contributed by atoms with Gasteiger partial charge in [-0.3, -0.25) is 9.59 Å². The lowest BCUT2D eigenvalue weighted by Crippen LogP contribution is -2.52. The first kappa shape index (κ1) is 21.2. The van der Waals surface area contributed by atoms with Gasteiger partial charge in [0.15, 0.2) is 0 Å². The summed E-state index contributed by atoms with van der Waals surface area (Å²) in [6, 6.07) is 13.4. The van der Waals surface area contributed by atoms with E-state index in [4.69, 9.17) is 0 Å². The van der Waals surface area contributed by atoms with Crippen molar-refractivity contribution in [2.45, 2.75) is 58.5 Å². The molecule has 2 aromatic rings. The second-order valence-electron chi connectivity index (χ2n) is 8.04. The number of nitrogens with one attached hydrogen (secondary N) is 2. The zero-order valence-electron chi connectivity index (χ0n) is 16.8. The van der Waals surface area contributed by atoms with Gasteiger partial charge in [-0.25, -0.2) is 0 Å². The number of thiophene rings is 1. The third-order valence-electron chi connectivity index (χ3n) is 4.74. The number of carbonyl (C=O) groups excluding carboxylic acids is 2. The Balaban J connectivity index is 1.99. The summed E-state index contributed by atoms with van der Waals surface area (Å²) >= 11 is 1.37. The van der Waals surface area contributed by atoms with E-state index < -0.39 is 6.04 Å². The minimum Gasteiger partial charge on any atom is -0.352 e. The molecule has 2 rings (SSSR count). The lowest BCUT2D eigenvalue weighted by Gasteiger charge is -2.30. The van der Waals surface area contributed by atoms with E-state index in [1.165, 1.54) is 16.9 Å². The van der Waals surface area contributed by atoms with E-state index in [1.807, 2.05) is 50.4 Å². The normalized spacial score (nSPS) is 13.9. The number of hydrogen-bond donors (Lipinski definition) is 2. The molecule has 0 spiro atoms. The van der Waals surface area contributed by atoms with Gasteiger partial charge in [-0.05, 0) is 41.7 Å². The molecule has 2 unspecified atom stereocenters. The van der Waals surface area contributed by atoms with Gasteiger partial charge in [0.05, 0.1) is 4.88 Å². The molecule has 0 aliphatic carbocycles. The summed E-state index contributed by atoms with van der Waals surface area (Å²) in [5.74, 6) is -0.328. The van der Waals surface area contributed by atoms with E-state index in [1.54, 1.807) is 6.07 Å². The molecule has 0 bridgehead atoms. The summed E-state index contributed by atoms with van der Waals surface area (Å²) in [7, 11) is 0. The summed E-state index contributed by atoms with van der Waals surface area (Å²) in [5.41, 5.74) is 1.19. The van der Waals surface area contributed by atoms with Crippen LogP contribution in [-0.2, 0) is 10.2 Å². The van der Waals surface area contributed by atoms with E-state index in [-0.39, 0.29) is 29.2 Å². The predicted molar refractivity (Wildman–Crippen MR) is 112 cm³/mol. The van der Waals surface area contributed by atoms with Crippen LogP contribution in [0.5, 0.6) is 0 Å². The largest absolute Gasteiger partial charge is 0.352 e. The summed E-state index contributed by atoms with van der Waals surface area (Å²) in [4.78, 5) is 25.8. The molecule has 0 fully saturated rings. The van der Waals surface area contributed by atoms with Crippen molar-refractivity contribution in [1.29, 1.82) is 0 Å². The van der Waals surface area contributed by atoms with Crippen molar-refractivity contribution in [1.82, 2.24) is 10.6 Å². The van der Waals surface area contributed by atoms with Crippen molar-refractivity contribution < 1.29 is 9.59 Å². The average molecular weight is 387 g/mol. The SMILES string of the molecule is CC(CC(C)(C)c1ccccc1)NC(=O)C(NC(=O)c1cccs1)C(C)C. The molecular weight excluding hydrogens is 356 g/mol. The van der Waals surface area contributed by atoms with Crippen molar-refractivity contribution >= 4 is 23.2 Å². The number of carbonyl (C=O) groups is 2. The van der Waals surface area contributed by atoms with Crippen LogP contribution in [0.25, 0.3) is 0 Å². The molecule has 5 heteroatoms. The monoisotopic (exact) mass is 386 g/mol. The van der Waals surface area contributed by atoms with Crippen LogP contribution in [-0.4, -0.2) is 23.9 Å². The molecule has 1 aromatic heterocycles. The van der Waals surface area contributed by atoms with Crippen molar-refractivity contribution in [3.05, 3.63) is 58.3 Å². The van der Waals surface area contributed by atoms with Crippen molar-refractivity contribution in [3.63, 3.8) is 0 Å². The van der Waals surface area contributed by atoms with Gasteiger partial charge in [-0.15, -0.1) is 11.3 Å². The fraction of sp³-hybridized carbons (Fsp3) is 0.455. The predicted octanol–water partition coefficient (Wildman–Crippen LogP) is 4.38. The molecule has 2 N–H and O–H groups in total. The molecule has 0 radical (unpaired) electrons. The highest BCUT2D eigenvalue weighted by molar-refractivity contribution is 7.12. The van der Waals surface area contributed by atoms with E-state index in [9.17, 15) is 9.59 Å². The maximum Gasteiger partial charge on any atom is 0.262 e. The summed E-state index contributed by atoms with van der Waals surface area (Å²) in [6.45, 7) is 10.3. The number of hydrogen-bond acceptors (Lipinski definition) is 3. The van der Waals surface area contributed by atoms with Crippen LogP contribution in [0.3, 0.4) is 0 Å². The minimum atomic E-state index is -0.554. The zero-order chi connectivity index (χ0) is 20.0. The Morgan fingerprint density at radius 3 is 2.22 bits per heavy atom. The van der Waals surface area contributed by atoms with Gasteiger partial charge in [-0.2, -0.15) is 0 Å². The fourth-order valence-corrected chi connectivity index (χ4v) is 3.94. The molecule has 146 valence electrons. The number of rotatable bonds is 8. The molecule has 0 saturated heterocycles. The molecule has 2 atom stereocenters. The lowest BCUT2D eigenvalue weighted by molar-refractivity contribution is -0.124. The smallest absolute Gasteiger partial charge is 0.262 e. The fourth-order valence-electron chi connectivity index (χ4n) is 3.31. The van der Waals surface area contributed by atoms with Gasteiger partial charge in [0.25, 0.3) is 5.91 Å². The Morgan fingerprint density at radius 1 is 1.00 bits per heavy atom. The van der Waals surface area contributed by atoms with Crippen LogP contribution < -0.4 is 10.6 Å². The van der Waals surface area contributed by atoms with E-state index in [0.29, 0.717) is 4.88 Å². The molecule has 0 saturated carbocycles. The minimum absolute atomic E-state index is 0.00301. The average Bonchev–Trinajstić information content (AvgIpc) is 3.14. The second kappa shape index (κ2) is 9.18. The number of amides is 2. The lowest BCUT2D eigenvalue weighted by atomic mass is 9.79. The molecule has 1 heterocycles. The van der Waals surface area contributed by atoms with E-state index in [2.05, 4.69) is 36.6 Å². The Bertz CT molecular complexity index is 739. The van der Waals surface area contributed by atoms with Crippen molar-refractivity contribution in [2.75, 3.05) is 0 Å². The van der Waals surface area contributed by atoms with Gasteiger partial charge in [0, 0.05) is 6.04 Å².